The first-order chi connectivity index (χ1) is 6.11. The average Bonchev–Trinajstić information content (AvgIpc) is 2.47. The quantitative estimate of drug-likeness (QED) is 0.761. The molecule has 3 heteroatoms. The van der Waals surface area contributed by atoms with Gasteiger partial charge in [-0.15, -0.1) is 17.9 Å². The Morgan fingerprint density at radius 3 is 2.92 bits per heavy atom. The molecule has 0 aliphatic rings. The van der Waals surface area contributed by atoms with E-state index in [-0.39, 0.29) is 6.04 Å². The normalized spacial score (nSPS) is 12.8. The van der Waals surface area contributed by atoms with E-state index in [1.807, 2.05) is 18.4 Å². The zero-order valence-electron chi connectivity index (χ0n) is 7.72. The largest absolute Gasteiger partial charge is 0.323 e. The molecule has 1 unspecified atom stereocenters. The van der Waals surface area contributed by atoms with Crippen LogP contribution in [0.2, 0.25) is 5.02 Å². The first-order valence-electron chi connectivity index (χ1n) is 4.24. The first kappa shape index (κ1) is 10.8. The molecule has 1 heterocycles. The van der Waals surface area contributed by atoms with Crippen molar-refractivity contribution < 1.29 is 0 Å². The predicted octanol–water partition coefficient (Wildman–Crippen LogP) is 3.76. The van der Waals surface area contributed by atoms with Crippen molar-refractivity contribution in [1.29, 1.82) is 0 Å². The molecule has 0 aromatic carbocycles. The van der Waals surface area contributed by atoms with Crippen molar-refractivity contribution in [2.24, 2.45) is 5.73 Å². The third kappa shape index (κ3) is 3.14. The van der Waals surface area contributed by atoms with Gasteiger partial charge in [0.05, 0.1) is 5.02 Å². The van der Waals surface area contributed by atoms with Crippen molar-refractivity contribution in [3.8, 4) is 0 Å². The summed E-state index contributed by atoms with van der Waals surface area (Å²) >= 11 is 7.58. The van der Waals surface area contributed by atoms with Crippen LogP contribution in [0.1, 0.15) is 30.7 Å². The molecular weight excluding hydrogens is 202 g/mol. The highest BCUT2D eigenvalue weighted by Crippen LogP contribution is 2.30. The van der Waals surface area contributed by atoms with E-state index in [1.165, 1.54) is 5.57 Å². The van der Waals surface area contributed by atoms with E-state index in [0.717, 1.165) is 22.7 Å². The number of nitrogens with two attached hydrogens (primary N) is 1. The predicted molar refractivity (Wildman–Crippen MR) is 60.3 cm³/mol. The Kier molecular flexibility index (Phi) is 3.97. The molecule has 0 aliphatic heterocycles. The van der Waals surface area contributed by atoms with E-state index >= 15 is 0 Å². The first-order valence-corrected chi connectivity index (χ1v) is 5.50. The SMILES string of the molecule is C=C(C)CCC(N)c1sccc1Cl. The second-order valence-corrected chi connectivity index (χ2v) is 4.59. The lowest BCUT2D eigenvalue weighted by atomic mass is 10.1. The van der Waals surface area contributed by atoms with Gasteiger partial charge < -0.3 is 5.73 Å². The molecule has 2 N–H and O–H groups in total. The number of hydrogen-bond donors (Lipinski definition) is 1. The minimum atomic E-state index is 0.0594. The smallest absolute Gasteiger partial charge is 0.0561 e. The lowest BCUT2D eigenvalue weighted by molar-refractivity contribution is 0.660. The zero-order valence-corrected chi connectivity index (χ0v) is 9.29. The second-order valence-electron chi connectivity index (χ2n) is 3.24. The lowest BCUT2D eigenvalue weighted by Crippen LogP contribution is -2.08. The molecule has 0 amide bonds. The van der Waals surface area contributed by atoms with Crippen molar-refractivity contribution in [3.05, 3.63) is 33.5 Å². The fourth-order valence-corrected chi connectivity index (χ4v) is 2.34. The highest BCUT2D eigenvalue weighted by Gasteiger charge is 2.10. The fourth-order valence-electron chi connectivity index (χ4n) is 1.10. The Hall–Kier alpha value is -0.310. The van der Waals surface area contributed by atoms with Gasteiger partial charge in [-0.05, 0) is 31.2 Å². The summed E-state index contributed by atoms with van der Waals surface area (Å²) in [6.45, 7) is 5.86. The molecule has 1 rings (SSSR count). The lowest BCUT2D eigenvalue weighted by Gasteiger charge is -2.09. The zero-order chi connectivity index (χ0) is 9.84. The van der Waals surface area contributed by atoms with Gasteiger partial charge in [-0.1, -0.05) is 17.2 Å². The molecule has 1 nitrogen and oxygen atoms in total. The summed E-state index contributed by atoms with van der Waals surface area (Å²) in [4.78, 5) is 1.09. The molecule has 0 bridgehead atoms. The summed E-state index contributed by atoms with van der Waals surface area (Å²) in [6.07, 6.45) is 1.89. The van der Waals surface area contributed by atoms with E-state index < -0.39 is 0 Å². The molecule has 1 aromatic rings. The Morgan fingerprint density at radius 2 is 2.46 bits per heavy atom. The summed E-state index contributed by atoms with van der Waals surface area (Å²) in [5.41, 5.74) is 7.14. The van der Waals surface area contributed by atoms with Crippen molar-refractivity contribution in [3.63, 3.8) is 0 Å². The van der Waals surface area contributed by atoms with Crippen molar-refractivity contribution in [2.45, 2.75) is 25.8 Å². The van der Waals surface area contributed by atoms with Crippen molar-refractivity contribution >= 4 is 22.9 Å². The van der Waals surface area contributed by atoms with E-state index in [9.17, 15) is 0 Å². The Labute approximate surface area is 88.2 Å². The molecule has 0 fully saturated rings. The van der Waals surface area contributed by atoms with Gasteiger partial charge in [0.2, 0.25) is 0 Å². The molecule has 72 valence electrons. The van der Waals surface area contributed by atoms with E-state index in [4.69, 9.17) is 17.3 Å². The summed E-state index contributed by atoms with van der Waals surface area (Å²) < 4.78 is 0. The maximum atomic E-state index is 5.97. The molecule has 1 aromatic heterocycles. The maximum absolute atomic E-state index is 5.97. The minimum absolute atomic E-state index is 0.0594. The highest BCUT2D eigenvalue weighted by atomic mass is 35.5. The number of thiophene rings is 1. The van der Waals surface area contributed by atoms with Gasteiger partial charge in [-0.2, -0.15) is 0 Å². The summed E-state index contributed by atoms with van der Waals surface area (Å²) in [5.74, 6) is 0. The number of allylic oxidation sites excluding steroid dienone is 1. The number of halogens is 1. The Balaban J connectivity index is 2.53. The molecule has 0 aliphatic carbocycles. The van der Waals surface area contributed by atoms with Gasteiger partial charge in [0.25, 0.3) is 0 Å². The number of rotatable bonds is 4. The van der Waals surface area contributed by atoms with Crippen LogP contribution in [0.15, 0.2) is 23.6 Å². The summed E-state index contributed by atoms with van der Waals surface area (Å²) in [6, 6.07) is 1.95. The van der Waals surface area contributed by atoms with Crippen LogP contribution >= 0.6 is 22.9 Å². The van der Waals surface area contributed by atoms with E-state index in [1.54, 1.807) is 11.3 Å². The van der Waals surface area contributed by atoms with Crippen LogP contribution in [-0.4, -0.2) is 0 Å². The third-order valence-corrected chi connectivity index (χ3v) is 3.35. The van der Waals surface area contributed by atoms with Crippen LogP contribution in [-0.2, 0) is 0 Å². The molecule has 1 atom stereocenters. The van der Waals surface area contributed by atoms with Gasteiger partial charge >= 0.3 is 0 Å². The molecule has 0 saturated carbocycles. The van der Waals surface area contributed by atoms with Gasteiger partial charge in [-0.3, -0.25) is 0 Å². The van der Waals surface area contributed by atoms with Crippen LogP contribution in [0, 0.1) is 0 Å². The van der Waals surface area contributed by atoms with E-state index in [2.05, 4.69) is 6.58 Å². The Bertz CT molecular complexity index is 293. The maximum Gasteiger partial charge on any atom is 0.0561 e. The fraction of sp³-hybridized carbons (Fsp3) is 0.400. The molecule has 0 spiro atoms. The number of hydrogen-bond acceptors (Lipinski definition) is 2. The van der Waals surface area contributed by atoms with Crippen LogP contribution in [0.4, 0.5) is 0 Å². The van der Waals surface area contributed by atoms with Crippen molar-refractivity contribution in [1.82, 2.24) is 0 Å². The molecular formula is C10H14ClNS. The average molecular weight is 216 g/mol. The van der Waals surface area contributed by atoms with Gasteiger partial charge in [0.1, 0.15) is 0 Å². The molecule has 0 saturated heterocycles. The van der Waals surface area contributed by atoms with Crippen LogP contribution in [0.3, 0.4) is 0 Å². The van der Waals surface area contributed by atoms with Crippen LogP contribution in [0.25, 0.3) is 0 Å². The van der Waals surface area contributed by atoms with Gasteiger partial charge in [-0.25, -0.2) is 0 Å². The van der Waals surface area contributed by atoms with E-state index in [0.29, 0.717) is 0 Å². The standard InChI is InChI=1S/C10H14ClNS/c1-7(2)3-4-9(12)10-8(11)5-6-13-10/h5-6,9H,1,3-4,12H2,2H3. The topological polar surface area (TPSA) is 26.0 Å². The van der Waals surface area contributed by atoms with Crippen molar-refractivity contribution in [2.75, 3.05) is 0 Å². The summed E-state index contributed by atoms with van der Waals surface area (Å²) in [7, 11) is 0. The van der Waals surface area contributed by atoms with Crippen LogP contribution in [0.5, 0.6) is 0 Å². The monoisotopic (exact) mass is 215 g/mol. The highest BCUT2D eigenvalue weighted by molar-refractivity contribution is 7.10. The second kappa shape index (κ2) is 4.80. The summed E-state index contributed by atoms with van der Waals surface area (Å²) in [5, 5.41) is 2.76. The minimum Gasteiger partial charge on any atom is -0.323 e. The van der Waals surface area contributed by atoms with Gasteiger partial charge in [0, 0.05) is 10.9 Å². The third-order valence-electron chi connectivity index (χ3n) is 1.86. The molecule has 13 heavy (non-hydrogen) atoms. The Morgan fingerprint density at radius 1 is 1.77 bits per heavy atom. The molecule has 0 radical (unpaired) electrons. The van der Waals surface area contributed by atoms with Crippen LogP contribution < -0.4 is 5.73 Å². The van der Waals surface area contributed by atoms with Gasteiger partial charge in [0.15, 0.2) is 0 Å².